The maximum absolute atomic E-state index is 12.6. The third kappa shape index (κ3) is 4.49. The lowest BCUT2D eigenvalue weighted by molar-refractivity contribution is -0.119. The zero-order valence-corrected chi connectivity index (χ0v) is 17.4. The quantitative estimate of drug-likeness (QED) is 0.709. The van der Waals surface area contributed by atoms with Gasteiger partial charge in [0.2, 0.25) is 5.91 Å². The van der Waals surface area contributed by atoms with Crippen LogP contribution < -0.4 is 10.6 Å². The van der Waals surface area contributed by atoms with E-state index in [1.807, 2.05) is 0 Å². The summed E-state index contributed by atoms with van der Waals surface area (Å²) < 4.78 is 32.5. The fourth-order valence-corrected chi connectivity index (χ4v) is 4.44. The third-order valence-electron chi connectivity index (χ3n) is 4.24. The minimum atomic E-state index is -3.44. The molecular formula is C18H17N5O5S2. The minimum Gasteiger partial charge on any atom is -0.458 e. The molecule has 0 radical (unpaired) electrons. The normalized spacial score (nSPS) is 17.0. The molecule has 2 aromatic rings. The second kappa shape index (κ2) is 7.88. The van der Waals surface area contributed by atoms with Gasteiger partial charge in [0.1, 0.15) is 17.3 Å². The molecule has 2 amide bonds. The smallest absolute Gasteiger partial charge is 0.258 e. The molecule has 0 fully saturated rings. The van der Waals surface area contributed by atoms with E-state index in [2.05, 4.69) is 20.0 Å². The second-order valence-electron chi connectivity index (χ2n) is 6.51. The molecular weight excluding hydrogens is 430 g/mol. The summed E-state index contributed by atoms with van der Waals surface area (Å²) in [5, 5.41) is 7.52. The van der Waals surface area contributed by atoms with Gasteiger partial charge < -0.3 is 14.6 Å². The van der Waals surface area contributed by atoms with E-state index in [-0.39, 0.29) is 30.7 Å². The number of amides is 2. The van der Waals surface area contributed by atoms with Crippen LogP contribution >= 0.6 is 11.3 Å². The summed E-state index contributed by atoms with van der Waals surface area (Å²) in [4.78, 5) is 29.5. The Hall–Kier alpha value is -3.25. The van der Waals surface area contributed by atoms with E-state index < -0.39 is 10.0 Å². The average Bonchev–Trinajstić information content (AvgIpc) is 3.34. The highest BCUT2D eigenvalue weighted by Crippen LogP contribution is 2.27. The van der Waals surface area contributed by atoms with Gasteiger partial charge in [-0.1, -0.05) is 0 Å². The van der Waals surface area contributed by atoms with Crippen LogP contribution in [0, 0.1) is 0 Å². The number of furan rings is 1. The number of carbonyl (C=O) groups excluding carboxylic acids is 2. The molecule has 10 nitrogen and oxygen atoms in total. The molecule has 12 heteroatoms. The Labute approximate surface area is 176 Å². The average molecular weight is 447 g/mol. The highest BCUT2D eigenvalue weighted by atomic mass is 32.2. The number of hydrogen-bond acceptors (Lipinski definition) is 8. The van der Waals surface area contributed by atoms with Crippen LogP contribution in [-0.4, -0.2) is 48.2 Å². The molecule has 0 aromatic carbocycles. The van der Waals surface area contributed by atoms with E-state index in [0.29, 0.717) is 33.8 Å². The summed E-state index contributed by atoms with van der Waals surface area (Å²) in [6, 6.07) is 3.49. The molecule has 2 aliphatic rings. The molecule has 0 unspecified atom stereocenters. The number of amidine groups is 1. The highest BCUT2D eigenvalue weighted by molar-refractivity contribution is 7.90. The molecule has 0 saturated carbocycles. The van der Waals surface area contributed by atoms with Crippen molar-refractivity contribution in [2.24, 2.45) is 4.40 Å². The van der Waals surface area contributed by atoms with Gasteiger partial charge in [-0.3, -0.25) is 14.9 Å². The molecule has 30 heavy (non-hydrogen) atoms. The van der Waals surface area contributed by atoms with Gasteiger partial charge in [0.15, 0.2) is 10.9 Å². The Bertz CT molecular complexity index is 1210. The first-order valence-electron chi connectivity index (χ1n) is 8.89. The second-order valence-corrected chi connectivity index (χ2v) is 9.13. The monoisotopic (exact) mass is 447 g/mol. The van der Waals surface area contributed by atoms with Crippen molar-refractivity contribution in [1.82, 2.24) is 15.2 Å². The first-order valence-corrected chi connectivity index (χ1v) is 11.4. The largest absolute Gasteiger partial charge is 0.458 e. The summed E-state index contributed by atoms with van der Waals surface area (Å²) in [5.41, 5.74) is 0.925. The molecule has 2 aromatic heterocycles. The van der Waals surface area contributed by atoms with Crippen molar-refractivity contribution in [2.75, 3.05) is 17.6 Å². The Kier molecular flexibility index (Phi) is 5.26. The van der Waals surface area contributed by atoms with E-state index in [9.17, 15) is 18.0 Å². The van der Waals surface area contributed by atoms with Gasteiger partial charge in [-0.05, 0) is 24.3 Å². The molecule has 0 spiro atoms. The Morgan fingerprint density at radius 3 is 2.93 bits per heavy atom. The van der Waals surface area contributed by atoms with Crippen LogP contribution in [0.25, 0.3) is 11.5 Å². The number of nitrogens with zero attached hydrogens (tertiary/aromatic N) is 3. The van der Waals surface area contributed by atoms with Gasteiger partial charge >= 0.3 is 0 Å². The van der Waals surface area contributed by atoms with Gasteiger partial charge in [-0.2, -0.15) is 0 Å². The zero-order valence-electron chi connectivity index (χ0n) is 15.8. The number of sulfonamides is 1. The number of fused-ring (bicyclic) bond motifs is 1. The fourth-order valence-electron chi connectivity index (χ4n) is 2.77. The van der Waals surface area contributed by atoms with Gasteiger partial charge in [-0.15, -0.1) is 15.7 Å². The third-order valence-corrected chi connectivity index (χ3v) is 6.16. The summed E-state index contributed by atoms with van der Waals surface area (Å²) in [7, 11) is -3.44. The Morgan fingerprint density at radius 2 is 2.13 bits per heavy atom. The number of thiazole rings is 1. The molecule has 4 heterocycles. The molecule has 0 saturated heterocycles. The number of anilines is 1. The lowest BCUT2D eigenvalue weighted by Gasteiger charge is -2.26. The van der Waals surface area contributed by atoms with Crippen molar-refractivity contribution in [3.05, 3.63) is 47.2 Å². The molecule has 2 N–H and O–H groups in total. The predicted octanol–water partition coefficient (Wildman–Crippen LogP) is 1.48. The van der Waals surface area contributed by atoms with Crippen molar-refractivity contribution in [1.29, 1.82) is 0 Å². The number of hydrogen-bond donors (Lipinski definition) is 2. The Balaban J connectivity index is 1.42. The van der Waals surface area contributed by atoms with Gasteiger partial charge in [0.25, 0.3) is 15.9 Å². The first-order chi connectivity index (χ1) is 14.3. The van der Waals surface area contributed by atoms with Crippen LogP contribution in [-0.2, 0) is 26.2 Å². The van der Waals surface area contributed by atoms with Crippen molar-refractivity contribution in [3.63, 3.8) is 0 Å². The topological polar surface area (TPSA) is 134 Å². The summed E-state index contributed by atoms with van der Waals surface area (Å²) >= 11 is 1.25. The van der Waals surface area contributed by atoms with E-state index in [4.69, 9.17) is 4.42 Å². The van der Waals surface area contributed by atoms with E-state index in [1.54, 1.807) is 28.6 Å². The number of aromatic nitrogens is 1. The molecule has 0 aliphatic carbocycles. The van der Waals surface area contributed by atoms with Crippen LogP contribution in [0.3, 0.4) is 0 Å². The fraction of sp³-hybridized carbons (Fsp3) is 0.222. The number of nitrogens with one attached hydrogen (secondary N) is 2. The molecule has 2 aliphatic heterocycles. The van der Waals surface area contributed by atoms with E-state index in [1.165, 1.54) is 30.4 Å². The maximum Gasteiger partial charge on any atom is 0.258 e. The van der Waals surface area contributed by atoms with E-state index >= 15 is 0 Å². The van der Waals surface area contributed by atoms with Crippen LogP contribution in [0.5, 0.6) is 0 Å². The van der Waals surface area contributed by atoms with Gasteiger partial charge in [0.05, 0.1) is 17.9 Å². The Morgan fingerprint density at radius 1 is 1.30 bits per heavy atom. The van der Waals surface area contributed by atoms with Crippen LogP contribution in [0.4, 0.5) is 5.13 Å². The number of rotatable bonds is 5. The predicted molar refractivity (Wildman–Crippen MR) is 111 cm³/mol. The van der Waals surface area contributed by atoms with Crippen LogP contribution in [0.15, 0.2) is 50.3 Å². The van der Waals surface area contributed by atoms with Crippen molar-refractivity contribution in [2.45, 2.75) is 13.5 Å². The lowest BCUT2D eigenvalue weighted by Crippen LogP contribution is -2.37. The first kappa shape index (κ1) is 20.0. The SMILES string of the molecule is CC(=O)NCc1ccc(-c2csc(NC(=O)C3=CN4CCS(=O)(=O)N=C4C=C3)n2)o1. The summed E-state index contributed by atoms with van der Waals surface area (Å²) in [6.07, 6.45) is 4.58. The zero-order chi connectivity index (χ0) is 21.3. The van der Waals surface area contributed by atoms with Gasteiger partial charge in [0, 0.05) is 25.0 Å². The molecule has 156 valence electrons. The van der Waals surface area contributed by atoms with Crippen LogP contribution in [0.2, 0.25) is 0 Å². The highest BCUT2D eigenvalue weighted by Gasteiger charge is 2.25. The molecule has 0 atom stereocenters. The number of carbonyl (C=O) groups is 2. The standard InChI is InChI=1S/C18H17N5O5S2/c1-11(24)19-8-13-3-4-15(28-13)14-10-29-18(20-14)21-17(25)12-2-5-16-22-30(26,27)7-6-23(16)9-12/h2-5,9-10H,6-8H2,1H3,(H,19,24)(H,20,21,25). The minimum absolute atomic E-state index is 0.0986. The van der Waals surface area contributed by atoms with E-state index in [0.717, 1.165) is 0 Å². The maximum atomic E-state index is 12.6. The van der Waals surface area contributed by atoms with Crippen molar-refractivity contribution >= 4 is 44.1 Å². The summed E-state index contributed by atoms with van der Waals surface area (Å²) in [5.74, 6) is 0.796. The molecule has 4 rings (SSSR count). The molecule has 0 bridgehead atoms. The van der Waals surface area contributed by atoms with Gasteiger partial charge in [-0.25, -0.2) is 13.4 Å². The lowest BCUT2D eigenvalue weighted by atomic mass is 10.2. The van der Waals surface area contributed by atoms with Crippen molar-refractivity contribution < 1.29 is 22.4 Å². The van der Waals surface area contributed by atoms with Crippen LogP contribution in [0.1, 0.15) is 12.7 Å². The van der Waals surface area contributed by atoms with Crippen molar-refractivity contribution in [3.8, 4) is 11.5 Å². The summed E-state index contributed by atoms with van der Waals surface area (Å²) in [6.45, 7) is 1.95.